The van der Waals surface area contributed by atoms with Crippen molar-refractivity contribution in [2.75, 3.05) is 26.2 Å². The summed E-state index contributed by atoms with van der Waals surface area (Å²) in [6, 6.07) is 3.20. The Kier molecular flexibility index (Phi) is 7.91. The fourth-order valence-electron chi connectivity index (χ4n) is 3.55. The van der Waals surface area contributed by atoms with E-state index in [-0.39, 0.29) is 30.2 Å². The average Bonchev–Trinajstić information content (AvgIpc) is 2.56. The second-order valence-electron chi connectivity index (χ2n) is 8.86. The van der Waals surface area contributed by atoms with Crippen molar-refractivity contribution in [3.05, 3.63) is 34.6 Å². The van der Waals surface area contributed by atoms with Gasteiger partial charge in [-0.2, -0.15) is 0 Å². The number of nitrogens with zero attached hydrogens (tertiary/aromatic N) is 1. The monoisotopic (exact) mass is 483 g/mol. The van der Waals surface area contributed by atoms with Crippen LogP contribution < -0.4 is 10.6 Å². The number of hydrogen-bond donors (Lipinski definition) is 7. The van der Waals surface area contributed by atoms with Crippen LogP contribution in [0.4, 0.5) is 4.39 Å². The van der Waals surface area contributed by atoms with Gasteiger partial charge in [0.2, 0.25) is 5.91 Å². The van der Waals surface area contributed by atoms with Gasteiger partial charge in [-0.1, -0.05) is 11.6 Å². The van der Waals surface area contributed by atoms with Crippen LogP contribution in [-0.4, -0.2) is 107 Å². The summed E-state index contributed by atoms with van der Waals surface area (Å²) in [7, 11) is 11.8. The normalized spacial score (nSPS) is 26.6. The maximum Gasteiger partial charge on any atom is 0.299 e. The van der Waals surface area contributed by atoms with Gasteiger partial charge in [0.1, 0.15) is 27.0 Å². The standard InChI is InChI=1S/C19H25B2ClFN3O7/c1-16(2,19(31,32)33)25-14(27)7-26-8-17(20,29)13(18(21,30)9-26)6-24-15(28)10-3-11(22)5-12(23)4-10/h3-5,13,29-33H,6-9H2,1-2H3,(H,24,28)(H,25,27). The molecule has 2 rings (SSSR count). The molecule has 14 heteroatoms. The predicted octanol–water partition coefficient (Wildman–Crippen LogP) is -2.62. The summed E-state index contributed by atoms with van der Waals surface area (Å²) < 4.78 is 13.5. The number of hydrogen-bond acceptors (Lipinski definition) is 8. The van der Waals surface area contributed by atoms with Gasteiger partial charge in [-0.05, 0) is 32.0 Å². The molecular weight excluding hydrogens is 458 g/mol. The summed E-state index contributed by atoms with van der Waals surface area (Å²) in [6.45, 7) is 0.750. The van der Waals surface area contributed by atoms with E-state index in [2.05, 4.69) is 10.6 Å². The van der Waals surface area contributed by atoms with Crippen LogP contribution in [0.3, 0.4) is 0 Å². The number of carbonyl (C=O) groups excluding carboxylic acids is 2. The molecule has 2 amide bonds. The van der Waals surface area contributed by atoms with E-state index in [1.165, 1.54) is 11.0 Å². The molecule has 0 bridgehead atoms. The maximum atomic E-state index is 13.5. The van der Waals surface area contributed by atoms with Crippen LogP contribution in [0.2, 0.25) is 5.02 Å². The number of benzene rings is 1. The van der Waals surface area contributed by atoms with Crippen molar-refractivity contribution >= 4 is 39.1 Å². The molecule has 1 aromatic carbocycles. The van der Waals surface area contributed by atoms with Crippen LogP contribution >= 0.6 is 11.6 Å². The van der Waals surface area contributed by atoms with E-state index in [9.17, 15) is 39.5 Å². The Morgan fingerprint density at radius 3 is 2.21 bits per heavy atom. The third-order valence-electron chi connectivity index (χ3n) is 5.41. The van der Waals surface area contributed by atoms with Crippen molar-refractivity contribution in [2.45, 2.75) is 36.4 Å². The van der Waals surface area contributed by atoms with Gasteiger partial charge in [0.15, 0.2) is 0 Å². The van der Waals surface area contributed by atoms with Crippen molar-refractivity contribution in [3.8, 4) is 0 Å². The molecule has 10 nitrogen and oxygen atoms in total. The first-order chi connectivity index (χ1) is 14.8. The highest BCUT2D eigenvalue weighted by atomic mass is 35.5. The highest BCUT2D eigenvalue weighted by Crippen LogP contribution is 2.31. The van der Waals surface area contributed by atoms with E-state index >= 15 is 0 Å². The Morgan fingerprint density at radius 1 is 1.18 bits per heavy atom. The summed E-state index contributed by atoms with van der Waals surface area (Å²) in [5, 5.41) is 54.0. The van der Waals surface area contributed by atoms with Gasteiger partial charge in [-0.3, -0.25) is 14.5 Å². The molecule has 178 valence electrons. The van der Waals surface area contributed by atoms with Crippen LogP contribution in [-0.2, 0) is 4.79 Å². The van der Waals surface area contributed by atoms with E-state index in [1.54, 1.807) is 0 Å². The molecule has 1 fully saturated rings. The number of nitrogens with one attached hydrogen (secondary N) is 2. The Morgan fingerprint density at radius 2 is 1.73 bits per heavy atom. The van der Waals surface area contributed by atoms with Gasteiger partial charge in [0.05, 0.1) is 6.54 Å². The van der Waals surface area contributed by atoms with Gasteiger partial charge in [0, 0.05) is 47.1 Å². The largest absolute Gasteiger partial charge is 0.398 e. The van der Waals surface area contributed by atoms with E-state index in [1.807, 2.05) is 0 Å². The number of rotatable bonds is 7. The van der Waals surface area contributed by atoms with Crippen molar-refractivity contribution in [1.29, 1.82) is 0 Å². The molecular formula is C19H25B2ClFN3O7. The number of carbonyl (C=O) groups is 2. The highest BCUT2D eigenvalue weighted by molar-refractivity contribution is 6.31. The molecule has 33 heavy (non-hydrogen) atoms. The molecule has 1 aromatic rings. The minimum atomic E-state index is -3.21. The first-order valence-corrected chi connectivity index (χ1v) is 10.2. The zero-order valence-electron chi connectivity index (χ0n) is 18.0. The van der Waals surface area contributed by atoms with Crippen LogP contribution in [0, 0.1) is 11.7 Å². The molecule has 0 saturated carbocycles. The smallest absolute Gasteiger partial charge is 0.299 e. The third kappa shape index (κ3) is 6.89. The zero-order chi connectivity index (χ0) is 25.4. The average molecular weight is 483 g/mol. The quantitative estimate of drug-likeness (QED) is 0.164. The molecule has 0 spiro atoms. The number of piperidine rings is 1. The van der Waals surface area contributed by atoms with Gasteiger partial charge >= 0.3 is 0 Å². The van der Waals surface area contributed by atoms with Crippen molar-refractivity contribution in [1.82, 2.24) is 15.5 Å². The van der Waals surface area contributed by atoms with E-state index in [0.717, 1.165) is 26.0 Å². The second-order valence-corrected chi connectivity index (χ2v) is 9.29. The van der Waals surface area contributed by atoms with E-state index in [0.29, 0.717) is 0 Å². The SMILES string of the molecule is [B]C1(O)CN(CC(=O)NC(C)(C)C(O)(O)O)CC([B])(O)C1CNC(=O)c1cc(F)cc(Cl)c1. The lowest BCUT2D eigenvalue weighted by molar-refractivity contribution is -0.346. The number of likely N-dealkylation sites (tertiary alicyclic amines) is 1. The first-order valence-electron chi connectivity index (χ1n) is 9.81. The topological polar surface area (TPSA) is 163 Å². The summed E-state index contributed by atoms with van der Waals surface area (Å²) >= 11 is 5.74. The number of β-amino-alcohol motifs (C(OH)–C–C–N with tert-alkyl or cyclic N) is 2. The van der Waals surface area contributed by atoms with E-state index in [4.69, 9.17) is 27.3 Å². The lowest BCUT2D eigenvalue weighted by Gasteiger charge is -2.52. The summed E-state index contributed by atoms with van der Waals surface area (Å²) in [5.41, 5.74) is -6.27. The fraction of sp³-hybridized carbons (Fsp3) is 0.579. The van der Waals surface area contributed by atoms with Crippen molar-refractivity contribution < 1.29 is 39.5 Å². The molecule has 1 heterocycles. The van der Waals surface area contributed by atoms with Crippen LogP contribution in [0.15, 0.2) is 18.2 Å². The Labute approximate surface area is 197 Å². The lowest BCUT2D eigenvalue weighted by atomic mass is 9.55. The Balaban J connectivity index is 2.05. The van der Waals surface area contributed by atoms with Gasteiger partial charge < -0.3 is 36.2 Å². The molecule has 1 aliphatic rings. The number of amides is 2. The molecule has 1 saturated heterocycles. The van der Waals surface area contributed by atoms with Gasteiger partial charge in [0.25, 0.3) is 11.9 Å². The molecule has 4 radical (unpaired) electrons. The van der Waals surface area contributed by atoms with Crippen molar-refractivity contribution in [2.24, 2.45) is 5.92 Å². The van der Waals surface area contributed by atoms with Gasteiger partial charge in [-0.25, -0.2) is 4.39 Å². The fourth-order valence-corrected chi connectivity index (χ4v) is 3.77. The third-order valence-corrected chi connectivity index (χ3v) is 5.63. The Bertz CT molecular complexity index is 874. The molecule has 0 aliphatic carbocycles. The molecule has 7 N–H and O–H groups in total. The van der Waals surface area contributed by atoms with E-state index < -0.39 is 52.6 Å². The lowest BCUT2D eigenvalue weighted by Crippen LogP contribution is -2.70. The molecule has 0 aromatic heterocycles. The van der Waals surface area contributed by atoms with Crippen LogP contribution in [0.25, 0.3) is 0 Å². The highest BCUT2D eigenvalue weighted by Gasteiger charge is 2.50. The zero-order valence-corrected chi connectivity index (χ0v) is 18.8. The van der Waals surface area contributed by atoms with Crippen LogP contribution in [0.5, 0.6) is 0 Å². The summed E-state index contributed by atoms with van der Waals surface area (Å²) in [6.07, 6.45) is 0. The summed E-state index contributed by atoms with van der Waals surface area (Å²) in [4.78, 5) is 25.8. The maximum absolute atomic E-state index is 13.5. The minimum absolute atomic E-state index is 0.00130. The Hall–Kier alpha value is -1.73. The second kappa shape index (κ2) is 9.49. The van der Waals surface area contributed by atoms with Gasteiger partial charge in [-0.15, -0.1) is 0 Å². The van der Waals surface area contributed by atoms with Crippen molar-refractivity contribution in [3.63, 3.8) is 0 Å². The predicted molar refractivity (Wildman–Crippen MR) is 117 cm³/mol. The van der Waals surface area contributed by atoms with Crippen LogP contribution in [0.1, 0.15) is 24.2 Å². The molecule has 2 unspecified atom stereocenters. The first kappa shape index (κ1) is 27.5. The number of halogens is 2. The summed E-state index contributed by atoms with van der Waals surface area (Å²) in [5.74, 6) is -6.75. The molecule has 2 atom stereocenters. The molecule has 1 aliphatic heterocycles. The minimum Gasteiger partial charge on any atom is -0.398 e. The number of aliphatic hydroxyl groups is 5.